The zero-order chi connectivity index (χ0) is 49.2. The maximum absolute atomic E-state index is 5.11. The number of hydrogen-bond acceptors (Lipinski definition) is 5. The standard InChI is InChI=1S/C67H42N7.Ir/c1-2-12-46(13-3-1)47-20-22-48(23-21-47)61-45-52(65-35-29-49-14-4-7-19-64(49)72-65)28-34-60(61)59-16-6-5-15-58(59)53-42-54(66-70-38-40-73(66)56-30-24-50(25-31-56)62-17-8-10-36-68-62)44-55(43-53)67-71-39-41-74(67)57-32-26-51(27-33-57)63-18-9-11-37-69-63;/h1-24,26,29-45H;/q-3;+3. The van der Waals surface area contributed by atoms with Crippen molar-refractivity contribution in [1.82, 2.24) is 34.1 Å². The van der Waals surface area contributed by atoms with Gasteiger partial charge in [0, 0.05) is 48.3 Å². The van der Waals surface area contributed by atoms with E-state index in [1.807, 2.05) is 85.5 Å². The van der Waals surface area contributed by atoms with Crippen LogP contribution in [0.4, 0.5) is 0 Å². The summed E-state index contributed by atoms with van der Waals surface area (Å²) in [7, 11) is 0. The van der Waals surface area contributed by atoms with Crippen molar-refractivity contribution in [3.8, 4) is 112 Å². The Kier molecular flexibility index (Phi) is 12.8. The number of hydrogen-bond donors (Lipinski definition) is 0. The molecule has 13 aromatic rings. The third-order valence-electron chi connectivity index (χ3n) is 13.4. The zero-order valence-corrected chi connectivity index (χ0v) is 42.6. The molecule has 0 saturated heterocycles. The second-order valence-corrected chi connectivity index (χ2v) is 17.9. The molecule has 75 heavy (non-hydrogen) atoms. The molecule has 5 aromatic heterocycles. The van der Waals surface area contributed by atoms with Crippen LogP contribution in [-0.2, 0) is 20.1 Å². The maximum Gasteiger partial charge on any atom is 3.00 e. The number of pyridine rings is 3. The number of benzene rings is 8. The summed E-state index contributed by atoms with van der Waals surface area (Å²) in [5.41, 5.74) is 18.6. The third kappa shape index (κ3) is 9.32. The predicted octanol–water partition coefficient (Wildman–Crippen LogP) is 15.8. The molecule has 7 nitrogen and oxygen atoms in total. The van der Waals surface area contributed by atoms with Gasteiger partial charge in [-0.2, -0.15) is 0 Å². The second-order valence-electron chi connectivity index (χ2n) is 17.9. The summed E-state index contributed by atoms with van der Waals surface area (Å²) in [5, 5.41) is 1.10. The molecule has 0 saturated carbocycles. The Balaban J connectivity index is 0.00000569. The van der Waals surface area contributed by atoms with Crippen molar-refractivity contribution < 1.29 is 20.1 Å². The van der Waals surface area contributed by atoms with E-state index in [2.05, 4.69) is 195 Å². The van der Waals surface area contributed by atoms with Crippen molar-refractivity contribution in [3.63, 3.8) is 0 Å². The molecule has 0 radical (unpaired) electrons. The first-order chi connectivity index (χ1) is 36.7. The van der Waals surface area contributed by atoms with Gasteiger partial charge in [-0.15, -0.1) is 83.4 Å². The van der Waals surface area contributed by atoms with E-state index in [4.69, 9.17) is 15.0 Å². The van der Waals surface area contributed by atoms with Crippen LogP contribution in [0, 0.1) is 18.2 Å². The van der Waals surface area contributed by atoms with Gasteiger partial charge in [-0.1, -0.05) is 150 Å². The van der Waals surface area contributed by atoms with Crippen molar-refractivity contribution in [2.24, 2.45) is 0 Å². The first-order valence-corrected chi connectivity index (χ1v) is 24.4. The van der Waals surface area contributed by atoms with Crippen LogP contribution in [0.25, 0.3) is 123 Å². The molecule has 0 bridgehead atoms. The molecule has 13 rings (SSSR count). The van der Waals surface area contributed by atoms with Crippen molar-refractivity contribution in [2.75, 3.05) is 0 Å². The minimum absolute atomic E-state index is 0. The molecule has 0 aliphatic rings. The molecule has 8 heteroatoms. The van der Waals surface area contributed by atoms with Gasteiger partial charge in [0.05, 0.1) is 5.52 Å². The van der Waals surface area contributed by atoms with Crippen LogP contribution in [0.5, 0.6) is 0 Å². The van der Waals surface area contributed by atoms with Gasteiger partial charge in [-0.3, -0.25) is 4.98 Å². The Morgan fingerprint density at radius 2 is 0.867 bits per heavy atom. The van der Waals surface area contributed by atoms with Gasteiger partial charge in [0.1, 0.15) is 11.6 Å². The smallest absolute Gasteiger partial charge is 0.341 e. The number of nitrogens with zero attached hydrogens (tertiary/aromatic N) is 7. The Morgan fingerprint density at radius 3 is 1.48 bits per heavy atom. The van der Waals surface area contributed by atoms with E-state index in [1.54, 1.807) is 12.4 Å². The van der Waals surface area contributed by atoms with E-state index in [0.717, 1.165) is 118 Å². The maximum atomic E-state index is 5.11. The van der Waals surface area contributed by atoms with E-state index < -0.39 is 0 Å². The number of para-hydroxylation sites is 1. The molecule has 0 unspecified atom stereocenters. The molecule has 354 valence electrons. The minimum atomic E-state index is 0. The molecular weight excluding hydrogens is 1100 g/mol. The van der Waals surface area contributed by atoms with Gasteiger partial charge < -0.3 is 19.1 Å². The van der Waals surface area contributed by atoms with Gasteiger partial charge >= 0.3 is 20.1 Å². The molecule has 0 atom stereocenters. The Hall–Kier alpha value is -9.46. The fourth-order valence-corrected chi connectivity index (χ4v) is 9.75. The first-order valence-electron chi connectivity index (χ1n) is 24.4. The van der Waals surface area contributed by atoms with Crippen LogP contribution in [0.3, 0.4) is 0 Å². The van der Waals surface area contributed by atoms with Crippen LogP contribution in [-0.4, -0.2) is 34.1 Å². The van der Waals surface area contributed by atoms with E-state index in [9.17, 15) is 0 Å². The Morgan fingerprint density at radius 1 is 0.320 bits per heavy atom. The molecule has 0 spiro atoms. The molecule has 8 aromatic carbocycles. The Labute approximate surface area is 448 Å². The van der Waals surface area contributed by atoms with Gasteiger partial charge in [0.2, 0.25) is 0 Å². The average Bonchev–Trinajstić information content (AvgIpc) is 4.20. The third-order valence-corrected chi connectivity index (χ3v) is 13.4. The van der Waals surface area contributed by atoms with Gasteiger partial charge in [0.25, 0.3) is 0 Å². The summed E-state index contributed by atoms with van der Waals surface area (Å²) in [6, 6.07) is 86.2. The van der Waals surface area contributed by atoms with E-state index in [0.29, 0.717) is 0 Å². The average molecular weight is 1140 g/mol. The summed E-state index contributed by atoms with van der Waals surface area (Å²) in [6.07, 6.45) is 11.3. The van der Waals surface area contributed by atoms with Crippen LogP contribution in [0.1, 0.15) is 0 Å². The number of rotatable bonds is 11. The van der Waals surface area contributed by atoms with Crippen LogP contribution in [0.2, 0.25) is 0 Å². The molecule has 0 N–H and O–H groups in total. The molecule has 0 amide bonds. The van der Waals surface area contributed by atoms with Crippen LogP contribution < -0.4 is 0 Å². The topological polar surface area (TPSA) is 74.3 Å². The molecule has 0 fully saturated rings. The number of imidazole rings is 2. The second kappa shape index (κ2) is 20.6. The van der Waals surface area contributed by atoms with E-state index >= 15 is 0 Å². The van der Waals surface area contributed by atoms with E-state index in [-0.39, 0.29) is 20.1 Å². The van der Waals surface area contributed by atoms with Gasteiger partial charge in [0.15, 0.2) is 0 Å². The van der Waals surface area contributed by atoms with Crippen LogP contribution >= 0.6 is 0 Å². The fraction of sp³-hybridized carbons (Fsp3) is 0. The number of fused-ring (bicyclic) bond motifs is 1. The monoisotopic (exact) mass is 1140 g/mol. The van der Waals surface area contributed by atoms with Crippen molar-refractivity contribution in [1.29, 1.82) is 0 Å². The summed E-state index contributed by atoms with van der Waals surface area (Å²) in [6.45, 7) is 0. The van der Waals surface area contributed by atoms with Gasteiger partial charge in [-0.05, 0) is 98.1 Å². The largest absolute Gasteiger partial charge is 3.00 e. The minimum Gasteiger partial charge on any atom is -0.341 e. The van der Waals surface area contributed by atoms with Crippen molar-refractivity contribution >= 4 is 10.9 Å². The van der Waals surface area contributed by atoms with Crippen molar-refractivity contribution in [3.05, 3.63) is 274 Å². The molecule has 5 heterocycles. The fourth-order valence-electron chi connectivity index (χ4n) is 9.75. The molecule has 0 aliphatic carbocycles. The molecule has 0 aliphatic heterocycles. The van der Waals surface area contributed by atoms with Crippen LogP contribution in [0.15, 0.2) is 256 Å². The predicted molar refractivity (Wildman–Crippen MR) is 297 cm³/mol. The number of aromatic nitrogens is 7. The quantitative estimate of drug-likeness (QED) is 0.121. The first kappa shape index (κ1) is 46.6. The van der Waals surface area contributed by atoms with Crippen molar-refractivity contribution in [2.45, 2.75) is 0 Å². The normalized spacial score (nSPS) is 11.1. The SMILES string of the molecule is [Ir+3].[c-]1cc(-n2ccnc2-c2cc(-c3ccccc3-c3c[c-]c(-c4ccc5ccccc5n4)cc3-c3ccc(-c4ccccc4)cc3)cc(-c3nccn3-c3c[c-]c(-c4ccccn4)cc3)c2)ccc1-c1ccccn1. The summed E-state index contributed by atoms with van der Waals surface area (Å²) < 4.78 is 4.22. The van der Waals surface area contributed by atoms with Gasteiger partial charge in [-0.25, -0.2) is 9.97 Å². The Bertz CT molecular complexity index is 3960. The summed E-state index contributed by atoms with van der Waals surface area (Å²) in [5.74, 6) is 1.55. The summed E-state index contributed by atoms with van der Waals surface area (Å²) in [4.78, 5) is 24.3. The zero-order valence-electron chi connectivity index (χ0n) is 40.2. The van der Waals surface area contributed by atoms with E-state index in [1.165, 1.54) is 5.56 Å². The summed E-state index contributed by atoms with van der Waals surface area (Å²) >= 11 is 0. The molecular formula is C67H42IrN7.